The minimum atomic E-state index is 0.838. The Bertz CT molecular complexity index is 3010. The third kappa shape index (κ3) is 4.11. The number of aryl methyl sites for hydroxylation is 1. The average Bonchev–Trinajstić information content (AvgIpc) is 3.60. The quantitative estimate of drug-likeness (QED) is 0.138. The molecule has 0 radical (unpaired) electrons. The Labute approximate surface area is 301 Å². The number of aromatic nitrogens is 2. The molecule has 3 nitrogen and oxygen atoms in total. The lowest BCUT2D eigenvalue weighted by atomic mass is 9.85. The number of fused-ring (bicyclic) bond motifs is 7. The zero-order valence-electron chi connectivity index (χ0n) is 28.7. The first-order valence-electron chi connectivity index (χ1n) is 18.1. The minimum absolute atomic E-state index is 0.838. The van der Waals surface area contributed by atoms with E-state index in [2.05, 4.69) is 186 Å². The van der Waals surface area contributed by atoms with Crippen LogP contribution < -0.4 is 4.90 Å². The summed E-state index contributed by atoms with van der Waals surface area (Å²) in [5, 5.41) is 10.1. The summed E-state index contributed by atoms with van der Waals surface area (Å²) < 4.78 is 2.40. The Morgan fingerprint density at radius 2 is 1.02 bits per heavy atom. The van der Waals surface area contributed by atoms with Gasteiger partial charge in [-0.15, -0.1) is 0 Å². The molecule has 0 saturated carbocycles. The monoisotopic (exact) mass is 663 g/mol. The molecule has 11 rings (SSSR count). The molecule has 1 aliphatic rings. The van der Waals surface area contributed by atoms with Crippen LogP contribution in [0.3, 0.4) is 0 Å². The first-order valence-corrected chi connectivity index (χ1v) is 18.1. The topological polar surface area (TPSA) is 21.1 Å². The number of hydrogen-bond donors (Lipinski definition) is 0. The lowest BCUT2D eigenvalue weighted by Gasteiger charge is -2.33. The summed E-state index contributed by atoms with van der Waals surface area (Å²) in [6.45, 7) is 2.20. The van der Waals surface area contributed by atoms with Crippen LogP contribution in [0.1, 0.15) is 12.7 Å². The van der Waals surface area contributed by atoms with Gasteiger partial charge < -0.3 is 4.90 Å². The Morgan fingerprint density at radius 1 is 0.442 bits per heavy atom. The number of imidazole rings is 1. The van der Waals surface area contributed by atoms with Crippen molar-refractivity contribution in [3.63, 3.8) is 0 Å². The van der Waals surface area contributed by atoms with Gasteiger partial charge in [-0.3, -0.25) is 4.57 Å². The molecule has 9 aromatic carbocycles. The van der Waals surface area contributed by atoms with E-state index in [9.17, 15) is 0 Å². The SMILES string of the molecule is CCc1nc2cccc3c2n1-c1cc(-c2c4ccccc4c(-c4ccc5ccc6ccccc6c5c4)c4ccccc24)ccc1N3c1ccccc1. The predicted molar refractivity (Wildman–Crippen MR) is 220 cm³/mol. The van der Waals surface area contributed by atoms with Crippen molar-refractivity contribution in [2.75, 3.05) is 4.90 Å². The minimum Gasteiger partial charge on any atom is -0.306 e. The molecule has 2 heterocycles. The van der Waals surface area contributed by atoms with Gasteiger partial charge in [-0.2, -0.15) is 0 Å². The molecular formula is C49H33N3. The van der Waals surface area contributed by atoms with E-state index in [0.717, 1.165) is 46.0 Å². The van der Waals surface area contributed by atoms with Crippen molar-refractivity contribution in [3.8, 4) is 27.9 Å². The predicted octanol–water partition coefficient (Wildman–Crippen LogP) is 13.3. The van der Waals surface area contributed by atoms with Crippen LogP contribution in [-0.4, -0.2) is 9.55 Å². The van der Waals surface area contributed by atoms with Crippen LogP contribution in [0.15, 0.2) is 170 Å². The van der Waals surface area contributed by atoms with Crippen LogP contribution in [0.5, 0.6) is 0 Å². The largest absolute Gasteiger partial charge is 0.306 e. The second-order valence-corrected chi connectivity index (χ2v) is 13.8. The highest BCUT2D eigenvalue weighted by molar-refractivity contribution is 6.22. The zero-order valence-corrected chi connectivity index (χ0v) is 28.7. The van der Waals surface area contributed by atoms with Gasteiger partial charge in [0.1, 0.15) is 5.82 Å². The van der Waals surface area contributed by atoms with Crippen LogP contribution >= 0.6 is 0 Å². The van der Waals surface area contributed by atoms with Crippen molar-refractivity contribution in [1.82, 2.24) is 9.55 Å². The Morgan fingerprint density at radius 3 is 1.71 bits per heavy atom. The van der Waals surface area contributed by atoms with Crippen LogP contribution in [0.4, 0.5) is 17.1 Å². The number of para-hydroxylation sites is 2. The van der Waals surface area contributed by atoms with Crippen molar-refractivity contribution < 1.29 is 0 Å². The number of anilines is 3. The fourth-order valence-electron chi connectivity index (χ4n) is 8.77. The molecule has 0 amide bonds. The first kappa shape index (κ1) is 29.1. The third-order valence-electron chi connectivity index (χ3n) is 11.0. The lowest BCUT2D eigenvalue weighted by molar-refractivity contribution is 0.901. The van der Waals surface area contributed by atoms with Crippen molar-refractivity contribution in [1.29, 1.82) is 0 Å². The van der Waals surface area contributed by atoms with Gasteiger partial charge in [0.05, 0.1) is 28.1 Å². The molecule has 0 saturated heterocycles. The molecule has 1 aromatic heterocycles. The number of nitrogens with zero attached hydrogens (tertiary/aromatic N) is 3. The summed E-state index contributed by atoms with van der Waals surface area (Å²) in [6.07, 6.45) is 0.838. The Kier molecular flexibility index (Phi) is 6.23. The smallest absolute Gasteiger partial charge is 0.114 e. The second kappa shape index (κ2) is 11.1. The average molecular weight is 664 g/mol. The number of benzene rings is 9. The molecule has 244 valence electrons. The van der Waals surface area contributed by atoms with E-state index in [4.69, 9.17) is 4.98 Å². The first-order chi connectivity index (χ1) is 25.8. The Balaban J connectivity index is 1.20. The van der Waals surface area contributed by atoms with Gasteiger partial charge in [-0.25, -0.2) is 4.98 Å². The number of rotatable bonds is 4. The molecule has 0 aliphatic carbocycles. The highest BCUT2D eigenvalue weighted by Gasteiger charge is 2.29. The zero-order chi connectivity index (χ0) is 34.3. The molecular weight excluding hydrogens is 631 g/mol. The molecule has 0 fully saturated rings. The van der Waals surface area contributed by atoms with Crippen LogP contribution in [-0.2, 0) is 6.42 Å². The normalized spacial score (nSPS) is 12.4. The summed E-state index contributed by atoms with van der Waals surface area (Å²) in [4.78, 5) is 7.55. The molecule has 1 aliphatic heterocycles. The molecule has 0 spiro atoms. The summed E-state index contributed by atoms with van der Waals surface area (Å²) in [6, 6.07) is 62.3. The fourth-order valence-corrected chi connectivity index (χ4v) is 8.77. The van der Waals surface area contributed by atoms with Gasteiger partial charge in [-0.1, -0.05) is 134 Å². The number of hydrogen-bond acceptors (Lipinski definition) is 2. The molecule has 0 bridgehead atoms. The maximum absolute atomic E-state index is 5.15. The van der Waals surface area contributed by atoms with Gasteiger partial charge >= 0.3 is 0 Å². The van der Waals surface area contributed by atoms with Crippen molar-refractivity contribution in [3.05, 3.63) is 176 Å². The highest BCUT2D eigenvalue weighted by Crippen LogP contribution is 2.50. The standard InChI is InChI=1S/C49H33N3/c1-2-46-50-42-21-12-22-44-49(42)52(46)45-30-34(27-28-43(45)51(44)35-14-4-3-5-15-35)48-39-19-10-8-17-37(39)47(38-18-9-11-20-40(38)48)33-26-25-32-24-23-31-13-6-7-16-36(31)41(32)29-33/h3-30H,2H2,1H3. The van der Waals surface area contributed by atoms with E-state index in [-0.39, 0.29) is 0 Å². The highest BCUT2D eigenvalue weighted by atomic mass is 15.2. The van der Waals surface area contributed by atoms with E-state index >= 15 is 0 Å². The van der Waals surface area contributed by atoms with E-state index in [1.165, 1.54) is 65.3 Å². The van der Waals surface area contributed by atoms with Gasteiger partial charge in [-0.05, 0) is 108 Å². The summed E-state index contributed by atoms with van der Waals surface area (Å²) in [5.74, 6) is 1.07. The fraction of sp³-hybridized carbons (Fsp3) is 0.0408. The van der Waals surface area contributed by atoms with E-state index < -0.39 is 0 Å². The van der Waals surface area contributed by atoms with E-state index in [1.807, 2.05) is 0 Å². The second-order valence-electron chi connectivity index (χ2n) is 13.8. The maximum Gasteiger partial charge on any atom is 0.114 e. The van der Waals surface area contributed by atoms with Crippen LogP contribution in [0.2, 0.25) is 0 Å². The van der Waals surface area contributed by atoms with Crippen molar-refractivity contribution >= 4 is 71.2 Å². The van der Waals surface area contributed by atoms with Gasteiger partial charge in [0, 0.05) is 12.1 Å². The summed E-state index contributed by atoms with van der Waals surface area (Å²) in [7, 11) is 0. The lowest BCUT2D eigenvalue weighted by Crippen LogP contribution is -2.19. The van der Waals surface area contributed by atoms with Gasteiger partial charge in [0.2, 0.25) is 0 Å². The van der Waals surface area contributed by atoms with Crippen LogP contribution in [0.25, 0.3) is 82.1 Å². The molecule has 0 atom stereocenters. The summed E-state index contributed by atoms with van der Waals surface area (Å²) in [5.41, 5.74) is 11.7. The molecule has 10 aromatic rings. The molecule has 0 unspecified atom stereocenters. The van der Waals surface area contributed by atoms with E-state index in [1.54, 1.807) is 0 Å². The van der Waals surface area contributed by atoms with Gasteiger partial charge in [0.25, 0.3) is 0 Å². The molecule has 0 N–H and O–H groups in total. The van der Waals surface area contributed by atoms with E-state index in [0.29, 0.717) is 0 Å². The Hall–Kier alpha value is -6.71. The molecule has 3 heteroatoms. The molecule has 52 heavy (non-hydrogen) atoms. The van der Waals surface area contributed by atoms with Gasteiger partial charge in [0.15, 0.2) is 0 Å². The van der Waals surface area contributed by atoms with Crippen molar-refractivity contribution in [2.24, 2.45) is 0 Å². The maximum atomic E-state index is 5.15. The third-order valence-corrected chi connectivity index (χ3v) is 11.0. The summed E-state index contributed by atoms with van der Waals surface area (Å²) >= 11 is 0. The van der Waals surface area contributed by atoms with Crippen molar-refractivity contribution in [2.45, 2.75) is 13.3 Å². The van der Waals surface area contributed by atoms with Crippen LogP contribution in [0, 0.1) is 0 Å².